The Labute approximate surface area is 200 Å². The number of anilines is 1. The minimum atomic E-state index is -0.515. The van der Waals surface area contributed by atoms with Gasteiger partial charge in [-0.3, -0.25) is 19.7 Å². The second-order valence-corrected chi connectivity index (χ2v) is 8.40. The molecule has 0 bridgehead atoms. The number of carbonyl (C=O) groups is 2. The van der Waals surface area contributed by atoms with Crippen molar-refractivity contribution in [2.24, 2.45) is 5.10 Å². The number of hydrogen-bond donors (Lipinski definition) is 2. The van der Waals surface area contributed by atoms with Crippen LogP contribution < -0.4 is 10.7 Å². The van der Waals surface area contributed by atoms with Crippen molar-refractivity contribution in [3.05, 3.63) is 104 Å². The van der Waals surface area contributed by atoms with Crippen LogP contribution in [0, 0.1) is 15.9 Å². The fourth-order valence-corrected chi connectivity index (χ4v) is 4.43. The Morgan fingerprint density at radius 1 is 1.03 bits per heavy atom. The molecule has 0 radical (unpaired) electrons. The van der Waals surface area contributed by atoms with E-state index in [1.165, 1.54) is 60.8 Å². The number of fused-ring (bicyclic) bond motifs is 1. The highest BCUT2D eigenvalue weighted by molar-refractivity contribution is 7.21. The minimum Gasteiger partial charge on any atom is -0.321 e. The van der Waals surface area contributed by atoms with Gasteiger partial charge in [-0.05, 0) is 48.0 Å². The van der Waals surface area contributed by atoms with Gasteiger partial charge in [0.2, 0.25) is 0 Å². The molecule has 0 spiro atoms. The number of halogens is 2. The van der Waals surface area contributed by atoms with Crippen molar-refractivity contribution in [3.63, 3.8) is 0 Å². The predicted molar refractivity (Wildman–Crippen MR) is 129 cm³/mol. The standard InChI is InChI=1S/C23H14ClFN4O4S/c24-20-18-10-9-17(29(32)33)11-19(18)34-21(20)23(31)27-16-7-3-14(4-8-16)22(30)28-26-12-13-1-5-15(25)6-2-13/h1-12H,(H,27,31)(H,28,30)/b26-12-. The first-order chi connectivity index (χ1) is 16.3. The van der Waals surface area contributed by atoms with Crippen molar-refractivity contribution in [2.75, 3.05) is 5.32 Å². The summed E-state index contributed by atoms with van der Waals surface area (Å²) in [4.78, 5) is 35.6. The van der Waals surface area contributed by atoms with E-state index < -0.39 is 16.7 Å². The minimum absolute atomic E-state index is 0.0896. The second kappa shape index (κ2) is 9.77. The predicted octanol–water partition coefficient (Wildman–Crippen LogP) is 5.62. The van der Waals surface area contributed by atoms with Crippen LogP contribution in [-0.2, 0) is 0 Å². The molecule has 2 N–H and O–H groups in total. The van der Waals surface area contributed by atoms with E-state index >= 15 is 0 Å². The van der Waals surface area contributed by atoms with Gasteiger partial charge in [0.1, 0.15) is 10.7 Å². The molecule has 0 fully saturated rings. The summed E-state index contributed by atoms with van der Waals surface area (Å²) in [6, 6.07) is 15.9. The first kappa shape index (κ1) is 23.0. The number of amides is 2. The van der Waals surface area contributed by atoms with Crippen molar-refractivity contribution in [1.29, 1.82) is 0 Å². The molecule has 0 saturated carbocycles. The van der Waals surface area contributed by atoms with Crippen LogP contribution in [0.25, 0.3) is 10.1 Å². The zero-order valence-corrected chi connectivity index (χ0v) is 18.7. The summed E-state index contributed by atoms with van der Waals surface area (Å²) in [5.74, 6) is -1.31. The van der Waals surface area contributed by atoms with Crippen LogP contribution in [0.5, 0.6) is 0 Å². The second-order valence-electron chi connectivity index (χ2n) is 6.96. The highest BCUT2D eigenvalue weighted by Gasteiger charge is 2.19. The van der Waals surface area contributed by atoms with E-state index in [-0.39, 0.29) is 21.4 Å². The number of hydrazone groups is 1. The van der Waals surface area contributed by atoms with Crippen molar-refractivity contribution < 1.29 is 18.9 Å². The Balaban J connectivity index is 1.41. The molecule has 0 aliphatic carbocycles. The maximum atomic E-state index is 12.9. The van der Waals surface area contributed by atoms with Gasteiger partial charge in [0.15, 0.2) is 0 Å². The van der Waals surface area contributed by atoms with Crippen LogP contribution in [-0.4, -0.2) is 23.0 Å². The first-order valence-electron chi connectivity index (χ1n) is 9.68. The average molecular weight is 497 g/mol. The van der Waals surface area contributed by atoms with Crippen LogP contribution in [0.1, 0.15) is 25.6 Å². The van der Waals surface area contributed by atoms with E-state index in [4.69, 9.17) is 11.6 Å². The van der Waals surface area contributed by atoms with Crippen LogP contribution in [0.4, 0.5) is 15.8 Å². The molecule has 8 nitrogen and oxygen atoms in total. The Bertz CT molecular complexity index is 1440. The quantitative estimate of drug-likeness (QED) is 0.205. The van der Waals surface area contributed by atoms with Gasteiger partial charge >= 0.3 is 0 Å². The lowest BCUT2D eigenvalue weighted by Gasteiger charge is -2.05. The summed E-state index contributed by atoms with van der Waals surface area (Å²) < 4.78 is 13.4. The molecule has 4 rings (SSSR count). The Hall–Kier alpha value is -4.15. The number of benzene rings is 3. The molecule has 1 aromatic heterocycles. The van der Waals surface area contributed by atoms with Crippen molar-refractivity contribution >= 4 is 62.4 Å². The van der Waals surface area contributed by atoms with E-state index in [0.29, 0.717) is 26.9 Å². The lowest BCUT2D eigenvalue weighted by atomic mass is 10.2. The van der Waals surface area contributed by atoms with Gasteiger partial charge in [0.25, 0.3) is 17.5 Å². The third-order valence-corrected chi connectivity index (χ3v) is 6.34. The highest BCUT2D eigenvalue weighted by atomic mass is 35.5. The van der Waals surface area contributed by atoms with Gasteiger partial charge in [-0.15, -0.1) is 11.3 Å². The van der Waals surface area contributed by atoms with Crippen LogP contribution in [0.15, 0.2) is 71.8 Å². The maximum absolute atomic E-state index is 12.9. The van der Waals surface area contributed by atoms with Gasteiger partial charge < -0.3 is 5.32 Å². The lowest BCUT2D eigenvalue weighted by molar-refractivity contribution is -0.384. The topological polar surface area (TPSA) is 114 Å². The number of nitro benzene ring substituents is 1. The van der Waals surface area contributed by atoms with Crippen molar-refractivity contribution in [1.82, 2.24) is 5.43 Å². The number of nitrogens with one attached hydrogen (secondary N) is 2. The van der Waals surface area contributed by atoms with Gasteiger partial charge in [-0.2, -0.15) is 5.10 Å². The Morgan fingerprint density at radius 2 is 1.74 bits per heavy atom. The number of carbonyl (C=O) groups excluding carboxylic acids is 2. The summed E-state index contributed by atoms with van der Waals surface area (Å²) in [6.45, 7) is 0. The molecule has 4 aromatic rings. The molecule has 2 amide bonds. The molecule has 0 aliphatic heterocycles. The first-order valence-corrected chi connectivity index (χ1v) is 10.9. The third kappa shape index (κ3) is 5.08. The molecule has 0 atom stereocenters. The number of hydrogen-bond acceptors (Lipinski definition) is 6. The zero-order chi connectivity index (χ0) is 24.2. The van der Waals surface area contributed by atoms with E-state index in [0.717, 1.165) is 11.3 Å². The number of nitro groups is 1. The molecule has 170 valence electrons. The van der Waals surface area contributed by atoms with Gasteiger partial charge in [0, 0.05) is 33.5 Å². The molecule has 34 heavy (non-hydrogen) atoms. The van der Waals surface area contributed by atoms with Gasteiger partial charge in [-0.1, -0.05) is 23.7 Å². The smallest absolute Gasteiger partial charge is 0.271 e. The molecule has 0 aliphatic rings. The highest BCUT2D eigenvalue weighted by Crippen LogP contribution is 2.37. The molecular formula is C23H14ClFN4O4S. The fraction of sp³-hybridized carbons (Fsp3) is 0. The summed E-state index contributed by atoms with van der Waals surface area (Å²) in [5.41, 5.74) is 3.63. The van der Waals surface area contributed by atoms with Gasteiger partial charge in [-0.25, -0.2) is 9.82 Å². The number of rotatable bonds is 6. The molecule has 11 heteroatoms. The van der Waals surface area contributed by atoms with Crippen molar-refractivity contribution in [3.8, 4) is 0 Å². The molecule has 0 unspecified atom stereocenters. The summed E-state index contributed by atoms with van der Waals surface area (Å²) >= 11 is 7.36. The van der Waals surface area contributed by atoms with E-state index in [1.54, 1.807) is 12.1 Å². The average Bonchev–Trinajstić information content (AvgIpc) is 3.16. The SMILES string of the molecule is O=C(N/N=C\c1ccc(F)cc1)c1ccc(NC(=O)c2sc3cc([N+](=O)[O-])ccc3c2Cl)cc1. The van der Waals surface area contributed by atoms with E-state index in [2.05, 4.69) is 15.8 Å². The largest absolute Gasteiger partial charge is 0.321 e. The number of non-ortho nitro benzene ring substituents is 1. The Morgan fingerprint density at radius 3 is 2.41 bits per heavy atom. The lowest BCUT2D eigenvalue weighted by Crippen LogP contribution is -2.17. The molecule has 0 saturated heterocycles. The third-order valence-electron chi connectivity index (χ3n) is 4.68. The van der Waals surface area contributed by atoms with Crippen LogP contribution in [0.3, 0.4) is 0 Å². The van der Waals surface area contributed by atoms with E-state index in [1.807, 2.05) is 0 Å². The van der Waals surface area contributed by atoms with Gasteiger partial charge in [0.05, 0.1) is 16.2 Å². The van der Waals surface area contributed by atoms with Crippen LogP contribution >= 0.6 is 22.9 Å². The summed E-state index contributed by atoms with van der Waals surface area (Å²) in [7, 11) is 0. The molecular weight excluding hydrogens is 483 g/mol. The maximum Gasteiger partial charge on any atom is 0.271 e. The van der Waals surface area contributed by atoms with Crippen molar-refractivity contribution in [2.45, 2.75) is 0 Å². The van der Waals surface area contributed by atoms with E-state index in [9.17, 15) is 24.1 Å². The summed E-state index contributed by atoms with van der Waals surface area (Å²) in [5, 5.41) is 18.3. The summed E-state index contributed by atoms with van der Waals surface area (Å²) in [6.07, 6.45) is 1.38. The Kier molecular flexibility index (Phi) is 6.62. The molecule has 1 heterocycles. The molecule has 3 aromatic carbocycles. The normalized spacial score (nSPS) is 11.0. The zero-order valence-electron chi connectivity index (χ0n) is 17.1. The number of nitrogens with zero attached hydrogens (tertiary/aromatic N) is 2. The fourth-order valence-electron chi connectivity index (χ4n) is 2.99. The van der Waals surface area contributed by atoms with Crippen LogP contribution in [0.2, 0.25) is 5.02 Å². The monoisotopic (exact) mass is 496 g/mol. The number of thiophene rings is 1.